The van der Waals surface area contributed by atoms with Gasteiger partial charge in [-0.05, 0) is 0 Å². The second-order valence-electron chi connectivity index (χ2n) is 6.89. The van der Waals surface area contributed by atoms with Crippen LogP contribution in [0.4, 0.5) is 0 Å². The third-order valence-electron chi connectivity index (χ3n) is 5.07. The van der Waals surface area contributed by atoms with Crippen molar-refractivity contribution in [1.29, 1.82) is 0 Å². The summed E-state index contributed by atoms with van der Waals surface area (Å²) in [4.78, 5) is 4.73. The molecule has 4 aromatic rings. The average Bonchev–Trinajstić information content (AvgIpc) is 3.10. The molecule has 0 bridgehead atoms. The Balaban J connectivity index is 1.83. The summed E-state index contributed by atoms with van der Waals surface area (Å²) in [6, 6.07) is 19.5. The molecule has 122 valence electrons. The standard InChI is InChI=1S/C22H17NOSe/c1-22(2)16-7-3-4-8-18(16)25-19-9-5-6-15(20(19)22)21-14-11-13-24-17(14)10-12-23-21/h3-13H,1-2H3. The van der Waals surface area contributed by atoms with Crippen molar-refractivity contribution in [2.45, 2.75) is 19.3 Å². The van der Waals surface area contributed by atoms with E-state index < -0.39 is 0 Å². The number of hydrogen-bond acceptors (Lipinski definition) is 2. The van der Waals surface area contributed by atoms with Crippen LogP contribution in [-0.4, -0.2) is 19.9 Å². The summed E-state index contributed by atoms with van der Waals surface area (Å²) in [5, 5.41) is 1.08. The molecule has 0 atom stereocenters. The molecule has 0 spiro atoms. The van der Waals surface area contributed by atoms with Crippen LogP contribution in [0.5, 0.6) is 0 Å². The van der Waals surface area contributed by atoms with Crippen LogP contribution in [-0.2, 0) is 5.41 Å². The van der Waals surface area contributed by atoms with Crippen LogP contribution in [0.3, 0.4) is 0 Å². The Kier molecular flexibility index (Phi) is 3.18. The Morgan fingerprint density at radius 3 is 2.68 bits per heavy atom. The zero-order valence-corrected chi connectivity index (χ0v) is 15.8. The van der Waals surface area contributed by atoms with Crippen molar-refractivity contribution in [3.05, 3.63) is 78.2 Å². The predicted molar refractivity (Wildman–Crippen MR) is 103 cm³/mol. The number of benzene rings is 2. The first-order valence-corrected chi connectivity index (χ1v) is 10.1. The molecular formula is C22H17NOSe. The number of furan rings is 1. The van der Waals surface area contributed by atoms with Crippen molar-refractivity contribution in [3.63, 3.8) is 0 Å². The number of aromatic nitrogens is 1. The molecule has 3 heteroatoms. The minimum absolute atomic E-state index is 0.0455. The minimum atomic E-state index is -0.0455. The van der Waals surface area contributed by atoms with E-state index in [4.69, 9.17) is 9.40 Å². The Morgan fingerprint density at radius 1 is 0.920 bits per heavy atom. The van der Waals surface area contributed by atoms with Crippen LogP contribution >= 0.6 is 0 Å². The van der Waals surface area contributed by atoms with Crippen molar-refractivity contribution in [2.24, 2.45) is 0 Å². The third kappa shape index (κ3) is 2.13. The summed E-state index contributed by atoms with van der Waals surface area (Å²) in [5.41, 5.74) is 5.94. The Morgan fingerprint density at radius 2 is 1.76 bits per heavy atom. The maximum atomic E-state index is 5.60. The third-order valence-corrected chi connectivity index (χ3v) is 7.45. The van der Waals surface area contributed by atoms with E-state index in [1.165, 1.54) is 25.6 Å². The van der Waals surface area contributed by atoms with Gasteiger partial charge in [0.05, 0.1) is 0 Å². The van der Waals surface area contributed by atoms with E-state index in [0.717, 1.165) is 16.7 Å². The van der Waals surface area contributed by atoms with Gasteiger partial charge in [0.25, 0.3) is 0 Å². The average molecular weight is 390 g/mol. The number of pyridine rings is 1. The zero-order chi connectivity index (χ0) is 17.0. The summed E-state index contributed by atoms with van der Waals surface area (Å²) in [5.74, 6) is 0. The molecule has 0 saturated carbocycles. The van der Waals surface area contributed by atoms with Gasteiger partial charge in [-0.15, -0.1) is 0 Å². The fourth-order valence-corrected chi connectivity index (χ4v) is 6.89. The summed E-state index contributed by atoms with van der Waals surface area (Å²) in [6.07, 6.45) is 3.59. The van der Waals surface area contributed by atoms with Gasteiger partial charge in [-0.2, -0.15) is 0 Å². The van der Waals surface area contributed by atoms with Crippen molar-refractivity contribution >= 4 is 34.8 Å². The van der Waals surface area contributed by atoms with Gasteiger partial charge in [0.1, 0.15) is 0 Å². The zero-order valence-electron chi connectivity index (χ0n) is 14.1. The van der Waals surface area contributed by atoms with Crippen LogP contribution in [0.2, 0.25) is 0 Å². The second-order valence-corrected chi connectivity index (χ2v) is 9.17. The Hall–Kier alpha value is -2.35. The molecule has 0 unspecified atom stereocenters. The molecule has 5 rings (SSSR count). The van der Waals surface area contributed by atoms with Crippen LogP contribution in [0.15, 0.2) is 71.5 Å². The fraction of sp³-hybridized carbons (Fsp3) is 0.136. The molecule has 0 aliphatic carbocycles. The van der Waals surface area contributed by atoms with Crippen LogP contribution in [0.1, 0.15) is 25.0 Å². The Labute approximate surface area is 153 Å². The van der Waals surface area contributed by atoms with Crippen LogP contribution in [0, 0.1) is 0 Å². The van der Waals surface area contributed by atoms with Gasteiger partial charge in [-0.25, -0.2) is 0 Å². The van der Waals surface area contributed by atoms with Crippen molar-refractivity contribution in [1.82, 2.24) is 4.98 Å². The van der Waals surface area contributed by atoms with Crippen LogP contribution in [0.25, 0.3) is 22.2 Å². The molecule has 2 aromatic carbocycles. The summed E-state index contributed by atoms with van der Waals surface area (Å²) >= 11 is 0.321. The number of rotatable bonds is 1. The number of fused-ring (bicyclic) bond motifs is 3. The van der Waals surface area contributed by atoms with Gasteiger partial charge in [0.15, 0.2) is 0 Å². The van der Waals surface area contributed by atoms with Crippen LogP contribution < -0.4 is 8.92 Å². The van der Waals surface area contributed by atoms with Gasteiger partial charge in [-0.1, -0.05) is 0 Å². The first-order chi connectivity index (χ1) is 12.2. The normalized spacial score (nSPS) is 15.0. The molecule has 0 saturated heterocycles. The molecule has 0 radical (unpaired) electrons. The quantitative estimate of drug-likeness (QED) is 0.463. The molecule has 2 nitrogen and oxygen atoms in total. The monoisotopic (exact) mass is 391 g/mol. The van der Waals surface area contributed by atoms with E-state index >= 15 is 0 Å². The Bertz CT molecular complexity index is 1110. The van der Waals surface area contributed by atoms with E-state index in [1.54, 1.807) is 6.26 Å². The molecule has 0 N–H and O–H groups in total. The molecule has 25 heavy (non-hydrogen) atoms. The molecule has 3 heterocycles. The summed E-state index contributed by atoms with van der Waals surface area (Å²) in [6.45, 7) is 4.66. The molecule has 0 fully saturated rings. The second kappa shape index (κ2) is 5.32. The van der Waals surface area contributed by atoms with Gasteiger partial charge in [-0.3, -0.25) is 0 Å². The van der Waals surface area contributed by atoms with Gasteiger partial charge in [0, 0.05) is 0 Å². The molecule has 0 amide bonds. The first-order valence-electron chi connectivity index (χ1n) is 8.40. The summed E-state index contributed by atoms with van der Waals surface area (Å²) < 4.78 is 8.54. The van der Waals surface area contributed by atoms with Gasteiger partial charge in [0.2, 0.25) is 0 Å². The van der Waals surface area contributed by atoms with E-state index in [-0.39, 0.29) is 5.41 Å². The van der Waals surface area contributed by atoms with Crippen molar-refractivity contribution in [3.8, 4) is 11.3 Å². The molecule has 2 aromatic heterocycles. The topological polar surface area (TPSA) is 26.0 Å². The number of nitrogens with zero attached hydrogens (tertiary/aromatic N) is 1. The maximum absolute atomic E-state index is 5.60. The first kappa shape index (κ1) is 14.9. The van der Waals surface area contributed by atoms with Crippen molar-refractivity contribution in [2.75, 3.05) is 0 Å². The molecule has 1 aliphatic rings. The van der Waals surface area contributed by atoms with Gasteiger partial charge >= 0.3 is 153 Å². The van der Waals surface area contributed by atoms with E-state index in [0.29, 0.717) is 15.0 Å². The summed E-state index contributed by atoms with van der Waals surface area (Å²) in [7, 11) is 0. The van der Waals surface area contributed by atoms with E-state index in [2.05, 4.69) is 56.3 Å². The molecular weight excluding hydrogens is 373 g/mol. The predicted octanol–water partition coefficient (Wildman–Crippen LogP) is 3.79. The SMILES string of the molecule is CC1(C)c2ccccc2[Se]c2cccc(-c3nccc4occc34)c21. The van der Waals surface area contributed by atoms with Crippen molar-refractivity contribution < 1.29 is 4.42 Å². The molecule has 1 aliphatic heterocycles. The number of hydrogen-bond donors (Lipinski definition) is 0. The van der Waals surface area contributed by atoms with E-state index in [9.17, 15) is 0 Å². The van der Waals surface area contributed by atoms with E-state index in [1.807, 2.05) is 18.3 Å². The van der Waals surface area contributed by atoms with Gasteiger partial charge < -0.3 is 0 Å². The fourth-order valence-electron chi connectivity index (χ4n) is 3.89.